The first kappa shape index (κ1) is 18.2. The predicted molar refractivity (Wildman–Crippen MR) is 126 cm³/mol. The number of nitrogens with zero attached hydrogens (tertiary/aromatic N) is 4. The quantitative estimate of drug-likeness (QED) is 0.347. The molecule has 5 rings (SSSR count). The number of benzene rings is 2. The van der Waals surface area contributed by atoms with Gasteiger partial charge in [0.05, 0.1) is 21.6 Å². The average Bonchev–Trinajstić information content (AvgIpc) is 3.43. The summed E-state index contributed by atoms with van der Waals surface area (Å²) in [5.41, 5.74) is 3.70. The molecule has 4 aromatic rings. The van der Waals surface area contributed by atoms with Gasteiger partial charge in [0.1, 0.15) is 0 Å². The molecule has 3 heterocycles. The van der Waals surface area contributed by atoms with E-state index in [1.807, 2.05) is 60.5 Å². The largest absolute Gasteiger partial charge is 0.218 e. The molecule has 0 fully saturated rings. The normalized spacial score (nSPS) is 16.9. The SMILES string of the molecule is CC1=NN(c2cccc(Cl)c2)C(=N\c2nc3ccccc3s2)/C1=C\c1cccs1. The van der Waals surface area contributed by atoms with E-state index in [-0.39, 0.29) is 0 Å². The molecule has 4 nitrogen and oxygen atoms in total. The Morgan fingerprint density at radius 1 is 1.07 bits per heavy atom. The fraction of sp³-hybridized carbons (Fsp3) is 0.0455. The van der Waals surface area contributed by atoms with Gasteiger partial charge in [0.2, 0.25) is 5.13 Å². The van der Waals surface area contributed by atoms with Crippen LogP contribution >= 0.6 is 34.3 Å². The van der Waals surface area contributed by atoms with Crippen LogP contribution in [-0.2, 0) is 0 Å². The number of anilines is 1. The third-order valence-electron chi connectivity index (χ3n) is 4.45. The summed E-state index contributed by atoms with van der Waals surface area (Å²) in [5.74, 6) is 0.747. The lowest BCUT2D eigenvalue weighted by molar-refractivity contribution is 1.15. The first-order valence-electron chi connectivity index (χ1n) is 8.98. The van der Waals surface area contributed by atoms with E-state index >= 15 is 0 Å². The first-order valence-corrected chi connectivity index (χ1v) is 11.1. The van der Waals surface area contributed by atoms with Crippen LogP contribution in [0.25, 0.3) is 16.3 Å². The molecule has 1 aliphatic heterocycles. The molecule has 29 heavy (non-hydrogen) atoms. The van der Waals surface area contributed by atoms with Crippen LogP contribution in [0.5, 0.6) is 0 Å². The molecule has 1 aliphatic rings. The number of thiophene rings is 1. The summed E-state index contributed by atoms with van der Waals surface area (Å²) >= 11 is 9.49. The van der Waals surface area contributed by atoms with E-state index < -0.39 is 0 Å². The summed E-state index contributed by atoms with van der Waals surface area (Å²) in [6.45, 7) is 2.00. The predicted octanol–water partition coefficient (Wildman–Crippen LogP) is 7.02. The van der Waals surface area contributed by atoms with Gasteiger partial charge in [-0.2, -0.15) is 10.1 Å². The number of fused-ring (bicyclic) bond motifs is 1. The van der Waals surface area contributed by atoms with Crippen LogP contribution < -0.4 is 5.01 Å². The molecular formula is C22H15ClN4S2. The number of thiazole rings is 1. The lowest BCUT2D eigenvalue weighted by Gasteiger charge is -2.15. The zero-order valence-electron chi connectivity index (χ0n) is 15.4. The number of aromatic nitrogens is 1. The Kier molecular flexibility index (Phi) is 4.75. The summed E-state index contributed by atoms with van der Waals surface area (Å²) in [6.07, 6.45) is 2.13. The maximum atomic E-state index is 6.23. The Bertz CT molecular complexity index is 1250. The third kappa shape index (κ3) is 3.62. The minimum Gasteiger partial charge on any atom is -0.218 e. The van der Waals surface area contributed by atoms with E-state index in [0.717, 1.165) is 37.9 Å². The first-order chi connectivity index (χ1) is 14.2. The van der Waals surface area contributed by atoms with Crippen molar-refractivity contribution in [2.75, 3.05) is 5.01 Å². The molecule has 0 atom stereocenters. The number of hydrazone groups is 1. The van der Waals surface area contributed by atoms with Gasteiger partial charge in [-0.1, -0.05) is 47.2 Å². The van der Waals surface area contributed by atoms with Gasteiger partial charge in [-0.3, -0.25) is 0 Å². The smallest absolute Gasteiger partial charge is 0.212 e. The molecule has 0 saturated heterocycles. The van der Waals surface area contributed by atoms with Crippen LogP contribution in [0, 0.1) is 0 Å². The van der Waals surface area contributed by atoms with Gasteiger partial charge >= 0.3 is 0 Å². The highest BCUT2D eigenvalue weighted by atomic mass is 35.5. The third-order valence-corrected chi connectivity index (χ3v) is 6.43. The molecule has 0 unspecified atom stereocenters. The highest BCUT2D eigenvalue weighted by Crippen LogP contribution is 2.33. The van der Waals surface area contributed by atoms with E-state index in [1.165, 1.54) is 0 Å². The Labute approximate surface area is 181 Å². The Morgan fingerprint density at radius 3 is 2.76 bits per heavy atom. The molecule has 0 aliphatic carbocycles. The van der Waals surface area contributed by atoms with Gasteiger partial charge in [0.15, 0.2) is 5.84 Å². The molecule has 0 spiro atoms. The van der Waals surface area contributed by atoms with Crippen LogP contribution in [0.3, 0.4) is 0 Å². The lowest BCUT2D eigenvalue weighted by atomic mass is 10.1. The second-order valence-corrected chi connectivity index (χ2v) is 8.87. The fourth-order valence-corrected chi connectivity index (χ4v) is 4.79. The van der Waals surface area contributed by atoms with Gasteiger partial charge in [-0.25, -0.2) is 9.99 Å². The van der Waals surface area contributed by atoms with Crippen LogP contribution in [0.1, 0.15) is 11.8 Å². The molecule has 0 N–H and O–H groups in total. The highest BCUT2D eigenvalue weighted by molar-refractivity contribution is 7.22. The molecule has 0 amide bonds. The molecule has 0 saturated carbocycles. The van der Waals surface area contributed by atoms with Crippen molar-refractivity contribution in [1.29, 1.82) is 0 Å². The fourth-order valence-electron chi connectivity index (χ4n) is 3.11. The van der Waals surface area contributed by atoms with Crippen LogP contribution in [0.15, 0.2) is 81.7 Å². The average molecular weight is 435 g/mol. The molecule has 7 heteroatoms. The van der Waals surface area contributed by atoms with Gasteiger partial charge in [0.25, 0.3) is 0 Å². The minimum absolute atomic E-state index is 0.658. The summed E-state index contributed by atoms with van der Waals surface area (Å²) < 4.78 is 1.11. The van der Waals surface area contributed by atoms with E-state index in [0.29, 0.717) is 10.2 Å². The van der Waals surface area contributed by atoms with Crippen LogP contribution in [0.2, 0.25) is 5.02 Å². The van der Waals surface area contributed by atoms with Gasteiger partial charge < -0.3 is 0 Å². The van der Waals surface area contributed by atoms with E-state index in [1.54, 1.807) is 22.7 Å². The van der Waals surface area contributed by atoms with Gasteiger partial charge in [-0.05, 0) is 54.8 Å². The van der Waals surface area contributed by atoms with Crippen LogP contribution in [0.4, 0.5) is 10.8 Å². The number of halogens is 1. The van der Waals surface area contributed by atoms with Crippen molar-refractivity contribution >= 4 is 72.9 Å². The van der Waals surface area contributed by atoms with Crippen molar-refractivity contribution in [3.05, 3.63) is 81.5 Å². The number of rotatable bonds is 3. The maximum Gasteiger partial charge on any atom is 0.212 e. The van der Waals surface area contributed by atoms with Crippen molar-refractivity contribution in [2.24, 2.45) is 10.1 Å². The number of amidine groups is 1. The topological polar surface area (TPSA) is 40.9 Å². The van der Waals surface area contributed by atoms with Crippen LogP contribution in [-0.4, -0.2) is 16.5 Å². The highest BCUT2D eigenvalue weighted by Gasteiger charge is 2.27. The number of para-hydroxylation sites is 1. The number of hydrogen-bond acceptors (Lipinski definition) is 5. The van der Waals surface area contributed by atoms with Crippen molar-refractivity contribution < 1.29 is 0 Å². The van der Waals surface area contributed by atoms with Crippen molar-refractivity contribution in [1.82, 2.24) is 4.98 Å². The van der Waals surface area contributed by atoms with E-state index in [9.17, 15) is 0 Å². The molecule has 0 radical (unpaired) electrons. The second kappa shape index (κ2) is 7.55. The summed E-state index contributed by atoms with van der Waals surface area (Å²) in [6, 6.07) is 19.8. The Morgan fingerprint density at radius 2 is 1.97 bits per heavy atom. The number of aliphatic imine (C=N–C) groups is 1. The van der Waals surface area contributed by atoms with Crippen molar-refractivity contribution in [3.8, 4) is 0 Å². The molecular weight excluding hydrogens is 420 g/mol. The molecule has 142 valence electrons. The second-order valence-electron chi connectivity index (χ2n) is 6.45. The zero-order valence-corrected chi connectivity index (χ0v) is 17.8. The van der Waals surface area contributed by atoms with Gasteiger partial charge in [-0.15, -0.1) is 11.3 Å². The standard InChI is InChI=1S/C22H15ClN4S2/c1-14-18(13-17-8-5-11-28-17)21(27(26-14)16-7-4-6-15(23)12-16)25-22-24-19-9-2-3-10-20(19)29-22/h2-13H,1H3/b18-13-,25-21-. The van der Waals surface area contributed by atoms with E-state index in [4.69, 9.17) is 21.7 Å². The van der Waals surface area contributed by atoms with Gasteiger partial charge in [0, 0.05) is 15.5 Å². The summed E-state index contributed by atoms with van der Waals surface area (Å²) in [5, 5.41) is 10.0. The molecule has 2 aromatic heterocycles. The number of hydrogen-bond donors (Lipinski definition) is 0. The maximum absolute atomic E-state index is 6.23. The molecule has 2 aromatic carbocycles. The minimum atomic E-state index is 0.658. The zero-order chi connectivity index (χ0) is 19.8. The Hall–Kier alpha value is -2.80. The monoisotopic (exact) mass is 434 g/mol. The van der Waals surface area contributed by atoms with Crippen molar-refractivity contribution in [2.45, 2.75) is 6.92 Å². The van der Waals surface area contributed by atoms with Crippen molar-refractivity contribution in [3.63, 3.8) is 0 Å². The summed E-state index contributed by atoms with van der Waals surface area (Å²) in [7, 11) is 0. The summed E-state index contributed by atoms with van der Waals surface area (Å²) in [4.78, 5) is 10.8. The molecule has 0 bridgehead atoms. The Balaban J connectivity index is 1.66. The lowest BCUT2D eigenvalue weighted by Crippen LogP contribution is -2.21. The van der Waals surface area contributed by atoms with E-state index in [2.05, 4.69) is 28.6 Å².